The fourth-order valence-electron chi connectivity index (χ4n) is 2.39. The minimum atomic E-state index is -0.123. The lowest BCUT2D eigenvalue weighted by atomic mass is 10.1. The predicted molar refractivity (Wildman–Crippen MR) is 68.1 cm³/mol. The van der Waals surface area contributed by atoms with Crippen LogP contribution in [0, 0.1) is 11.8 Å². The van der Waals surface area contributed by atoms with Crippen molar-refractivity contribution in [1.29, 1.82) is 0 Å². The predicted octanol–water partition coefficient (Wildman–Crippen LogP) is 2.90. The summed E-state index contributed by atoms with van der Waals surface area (Å²) in [5.74, 6) is 1.28. The van der Waals surface area contributed by atoms with E-state index in [2.05, 4.69) is 17.2 Å². The van der Waals surface area contributed by atoms with E-state index in [4.69, 9.17) is 11.6 Å². The third-order valence-electron chi connectivity index (χ3n) is 3.37. The molecular formula is C13H17ClN2O. The van der Waals surface area contributed by atoms with Crippen LogP contribution in [0.2, 0.25) is 5.02 Å². The van der Waals surface area contributed by atoms with Gasteiger partial charge in [0.1, 0.15) is 0 Å². The van der Waals surface area contributed by atoms with Crippen molar-refractivity contribution < 1.29 is 4.79 Å². The van der Waals surface area contributed by atoms with Crippen LogP contribution >= 0.6 is 11.6 Å². The number of nitrogens with one attached hydrogen (secondary N) is 1. The van der Waals surface area contributed by atoms with E-state index in [0.29, 0.717) is 16.5 Å². The first-order valence-corrected chi connectivity index (χ1v) is 6.42. The smallest absolute Gasteiger partial charge is 0.254 e. The number of nitrogens with zero attached hydrogens (tertiary/aromatic N) is 1. The number of pyridine rings is 1. The van der Waals surface area contributed by atoms with E-state index in [1.807, 2.05) is 0 Å². The van der Waals surface area contributed by atoms with E-state index in [9.17, 15) is 4.79 Å². The van der Waals surface area contributed by atoms with Crippen LogP contribution in [0.4, 0.5) is 0 Å². The van der Waals surface area contributed by atoms with Crippen LogP contribution in [-0.2, 0) is 0 Å². The van der Waals surface area contributed by atoms with Gasteiger partial charge in [0, 0.05) is 18.9 Å². The summed E-state index contributed by atoms with van der Waals surface area (Å²) in [5.41, 5.74) is 0.459. The van der Waals surface area contributed by atoms with Crippen LogP contribution < -0.4 is 5.32 Å². The number of halogens is 1. The number of aromatic nitrogens is 1. The van der Waals surface area contributed by atoms with Crippen molar-refractivity contribution in [3.05, 3.63) is 29.0 Å². The Morgan fingerprint density at radius 2 is 2.41 bits per heavy atom. The van der Waals surface area contributed by atoms with E-state index in [-0.39, 0.29) is 5.91 Å². The molecule has 0 aliphatic heterocycles. The van der Waals surface area contributed by atoms with E-state index in [1.165, 1.54) is 25.5 Å². The standard InChI is InChI=1S/C13H17ClN2O/c1-9-2-3-10(6-9)7-16-13(17)11-8-15-5-4-12(11)14/h4-5,8-10H,2-3,6-7H2,1H3,(H,16,17). The average Bonchev–Trinajstić information content (AvgIpc) is 2.73. The van der Waals surface area contributed by atoms with Crippen molar-refractivity contribution in [2.75, 3.05) is 6.54 Å². The number of carbonyl (C=O) groups is 1. The molecule has 2 atom stereocenters. The van der Waals surface area contributed by atoms with Gasteiger partial charge in [0.05, 0.1) is 10.6 Å². The van der Waals surface area contributed by atoms with Crippen molar-refractivity contribution in [2.24, 2.45) is 11.8 Å². The summed E-state index contributed by atoms with van der Waals surface area (Å²) in [6.07, 6.45) is 6.78. The molecule has 1 amide bonds. The maximum absolute atomic E-state index is 11.9. The van der Waals surface area contributed by atoms with Crippen molar-refractivity contribution in [3.63, 3.8) is 0 Å². The molecule has 0 spiro atoms. The Kier molecular flexibility index (Phi) is 4.00. The first kappa shape index (κ1) is 12.4. The molecule has 92 valence electrons. The van der Waals surface area contributed by atoms with E-state index in [1.54, 1.807) is 12.3 Å². The monoisotopic (exact) mass is 252 g/mol. The highest BCUT2D eigenvalue weighted by molar-refractivity contribution is 6.33. The Bertz CT molecular complexity index is 408. The van der Waals surface area contributed by atoms with Crippen molar-refractivity contribution in [1.82, 2.24) is 10.3 Å². The molecule has 1 aliphatic carbocycles. The summed E-state index contributed by atoms with van der Waals surface area (Å²) in [7, 11) is 0. The molecule has 1 aliphatic rings. The topological polar surface area (TPSA) is 42.0 Å². The highest BCUT2D eigenvalue weighted by atomic mass is 35.5. The summed E-state index contributed by atoms with van der Waals surface area (Å²) in [5, 5.41) is 3.39. The third kappa shape index (κ3) is 3.19. The van der Waals surface area contributed by atoms with E-state index >= 15 is 0 Å². The second kappa shape index (κ2) is 5.50. The molecule has 1 N–H and O–H groups in total. The number of hydrogen-bond donors (Lipinski definition) is 1. The summed E-state index contributed by atoms with van der Waals surface area (Å²) < 4.78 is 0. The number of carbonyl (C=O) groups excluding carboxylic acids is 1. The second-order valence-electron chi connectivity index (χ2n) is 4.85. The fraction of sp³-hybridized carbons (Fsp3) is 0.538. The molecule has 4 heteroatoms. The van der Waals surface area contributed by atoms with Gasteiger partial charge in [0.25, 0.3) is 5.91 Å². The van der Waals surface area contributed by atoms with Gasteiger partial charge in [-0.1, -0.05) is 24.9 Å². The average molecular weight is 253 g/mol. The molecule has 17 heavy (non-hydrogen) atoms. The number of hydrogen-bond acceptors (Lipinski definition) is 2. The maximum Gasteiger partial charge on any atom is 0.254 e. The lowest BCUT2D eigenvalue weighted by molar-refractivity contribution is 0.0947. The molecule has 1 heterocycles. The molecule has 0 aromatic carbocycles. The Morgan fingerprint density at radius 3 is 3.06 bits per heavy atom. The largest absolute Gasteiger partial charge is 0.352 e. The van der Waals surface area contributed by atoms with Crippen LogP contribution in [0.5, 0.6) is 0 Å². The molecular weight excluding hydrogens is 236 g/mol. The Balaban J connectivity index is 1.88. The molecule has 1 aromatic heterocycles. The van der Waals surface area contributed by atoms with Crippen LogP contribution in [0.3, 0.4) is 0 Å². The van der Waals surface area contributed by atoms with Gasteiger partial charge in [0.2, 0.25) is 0 Å². The molecule has 1 saturated carbocycles. The lowest BCUT2D eigenvalue weighted by Crippen LogP contribution is -2.28. The fourth-order valence-corrected chi connectivity index (χ4v) is 2.58. The highest BCUT2D eigenvalue weighted by Crippen LogP contribution is 2.29. The molecule has 1 aromatic rings. The minimum absolute atomic E-state index is 0.123. The van der Waals surface area contributed by atoms with Gasteiger partial charge >= 0.3 is 0 Å². The molecule has 2 rings (SSSR count). The molecule has 2 unspecified atom stereocenters. The summed E-state index contributed by atoms with van der Waals surface area (Å²) in [6, 6.07) is 1.63. The van der Waals surface area contributed by atoms with Crippen molar-refractivity contribution in [3.8, 4) is 0 Å². The Labute approximate surface area is 107 Å². The van der Waals surface area contributed by atoms with E-state index < -0.39 is 0 Å². The van der Waals surface area contributed by atoms with Gasteiger partial charge in [-0.3, -0.25) is 9.78 Å². The van der Waals surface area contributed by atoms with Gasteiger partial charge in [-0.15, -0.1) is 0 Å². The molecule has 0 radical (unpaired) electrons. The number of rotatable bonds is 3. The Hall–Kier alpha value is -1.09. The van der Waals surface area contributed by atoms with Crippen LogP contribution in [0.1, 0.15) is 36.5 Å². The second-order valence-corrected chi connectivity index (χ2v) is 5.26. The summed E-state index contributed by atoms with van der Waals surface area (Å²) >= 11 is 5.94. The summed E-state index contributed by atoms with van der Waals surface area (Å²) in [6.45, 7) is 3.01. The van der Waals surface area contributed by atoms with Crippen LogP contribution in [-0.4, -0.2) is 17.4 Å². The van der Waals surface area contributed by atoms with Crippen molar-refractivity contribution >= 4 is 17.5 Å². The molecule has 0 saturated heterocycles. The molecule has 1 fully saturated rings. The SMILES string of the molecule is CC1CCC(CNC(=O)c2cnccc2Cl)C1. The van der Waals surface area contributed by atoms with Gasteiger partial charge in [-0.25, -0.2) is 0 Å². The normalized spacial score (nSPS) is 23.6. The zero-order valence-electron chi connectivity index (χ0n) is 9.95. The van der Waals surface area contributed by atoms with Gasteiger partial charge < -0.3 is 5.32 Å². The van der Waals surface area contributed by atoms with Crippen LogP contribution in [0.15, 0.2) is 18.5 Å². The van der Waals surface area contributed by atoms with Crippen LogP contribution in [0.25, 0.3) is 0 Å². The first-order valence-electron chi connectivity index (χ1n) is 6.04. The summed E-state index contributed by atoms with van der Waals surface area (Å²) in [4.78, 5) is 15.8. The lowest BCUT2D eigenvalue weighted by Gasteiger charge is -2.11. The van der Waals surface area contributed by atoms with Gasteiger partial charge in [-0.05, 0) is 30.7 Å². The van der Waals surface area contributed by atoms with Crippen molar-refractivity contribution in [2.45, 2.75) is 26.2 Å². The Morgan fingerprint density at radius 1 is 1.59 bits per heavy atom. The third-order valence-corrected chi connectivity index (χ3v) is 3.70. The minimum Gasteiger partial charge on any atom is -0.352 e. The molecule has 3 nitrogen and oxygen atoms in total. The maximum atomic E-state index is 11.9. The molecule has 0 bridgehead atoms. The zero-order chi connectivity index (χ0) is 12.3. The first-order chi connectivity index (χ1) is 8.16. The van der Waals surface area contributed by atoms with E-state index in [0.717, 1.165) is 12.5 Å². The number of amides is 1. The zero-order valence-corrected chi connectivity index (χ0v) is 10.7. The van der Waals surface area contributed by atoms with Gasteiger partial charge in [-0.2, -0.15) is 0 Å². The van der Waals surface area contributed by atoms with Gasteiger partial charge in [0.15, 0.2) is 0 Å². The quantitative estimate of drug-likeness (QED) is 0.899. The highest BCUT2D eigenvalue weighted by Gasteiger charge is 2.22.